The van der Waals surface area contributed by atoms with Crippen LogP contribution in [0.1, 0.15) is 36.6 Å². The quantitative estimate of drug-likeness (QED) is 0.821. The van der Waals surface area contributed by atoms with E-state index in [2.05, 4.69) is 29.5 Å². The Labute approximate surface area is 151 Å². The van der Waals surface area contributed by atoms with Gasteiger partial charge in [0.05, 0.1) is 18.6 Å². The molecule has 0 unspecified atom stereocenters. The van der Waals surface area contributed by atoms with Crippen molar-refractivity contribution in [3.63, 3.8) is 0 Å². The summed E-state index contributed by atoms with van der Waals surface area (Å²) in [6, 6.07) is 5.88. The van der Waals surface area contributed by atoms with E-state index in [-0.39, 0.29) is 11.8 Å². The second-order valence-electron chi connectivity index (χ2n) is 6.40. The molecule has 3 rings (SSSR count). The van der Waals surface area contributed by atoms with Gasteiger partial charge in [-0.15, -0.1) is 0 Å². The largest absolute Gasteiger partial charge is 0.493 e. The fourth-order valence-corrected chi connectivity index (χ4v) is 3.77. The lowest BCUT2D eigenvalue weighted by Gasteiger charge is -2.22. The van der Waals surface area contributed by atoms with E-state index in [0.717, 1.165) is 21.3 Å². The summed E-state index contributed by atoms with van der Waals surface area (Å²) in [4.78, 5) is 17.6. The third-order valence-electron chi connectivity index (χ3n) is 3.99. The summed E-state index contributed by atoms with van der Waals surface area (Å²) in [7, 11) is 3.46. The molecule has 0 radical (unpaired) electrons. The van der Waals surface area contributed by atoms with Gasteiger partial charge in [-0.3, -0.25) is 4.79 Å². The number of thiazole rings is 1. The number of fused-ring (bicyclic) bond motifs is 1. The van der Waals surface area contributed by atoms with Gasteiger partial charge in [0.25, 0.3) is 0 Å². The predicted molar refractivity (Wildman–Crippen MR) is 100 cm³/mol. The van der Waals surface area contributed by atoms with Crippen molar-refractivity contribution >= 4 is 28.2 Å². The summed E-state index contributed by atoms with van der Waals surface area (Å²) in [5, 5.41) is 6.69. The molecule has 1 aliphatic rings. The molecule has 134 valence electrons. The lowest BCUT2D eigenvalue weighted by molar-refractivity contribution is -0.116. The third kappa shape index (κ3) is 3.71. The minimum atomic E-state index is -0.0311. The van der Waals surface area contributed by atoms with Crippen molar-refractivity contribution in [1.82, 2.24) is 4.98 Å². The van der Waals surface area contributed by atoms with Gasteiger partial charge in [-0.25, -0.2) is 4.98 Å². The van der Waals surface area contributed by atoms with Crippen molar-refractivity contribution in [1.29, 1.82) is 0 Å². The van der Waals surface area contributed by atoms with Crippen molar-refractivity contribution in [3.05, 3.63) is 28.6 Å². The van der Waals surface area contributed by atoms with Gasteiger partial charge in [0, 0.05) is 19.4 Å². The van der Waals surface area contributed by atoms with Crippen LogP contribution in [0.3, 0.4) is 0 Å². The van der Waals surface area contributed by atoms with Crippen molar-refractivity contribution in [2.45, 2.75) is 26.2 Å². The molecule has 0 fully saturated rings. The fraction of sp³-hybridized carbons (Fsp3) is 0.444. The number of rotatable bonds is 6. The van der Waals surface area contributed by atoms with Crippen LogP contribution >= 0.6 is 11.3 Å². The Morgan fingerprint density at radius 1 is 1.40 bits per heavy atom. The van der Waals surface area contributed by atoms with Gasteiger partial charge >= 0.3 is 0 Å². The van der Waals surface area contributed by atoms with Crippen LogP contribution in [-0.4, -0.2) is 31.7 Å². The summed E-state index contributed by atoms with van der Waals surface area (Å²) < 4.78 is 11.3. The standard InChI is InChI=1S/C18H23N3O3S/c1-10(2)9-24-13-6-5-11(7-14(13)23-4)12-8-15(22)20-17-16(12)25-18(19-3)21-17/h5-7,10,12H,8-9H2,1-4H3,(H,19,21)(H,20,22)/t12-/m1/s1. The molecule has 1 aliphatic heterocycles. The van der Waals surface area contributed by atoms with Crippen LogP contribution in [0.4, 0.5) is 10.9 Å². The van der Waals surface area contributed by atoms with Gasteiger partial charge in [0.1, 0.15) is 5.82 Å². The van der Waals surface area contributed by atoms with Crippen LogP contribution in [0.5, 0.6) is 11.5 Å². The molecule has 25 heavy (non-hydrogen) atoms. The topological polar surface area (TPSA) is 72.5 Å². The van der Waals surface area contributed by atoms with Crippen molar-refractivity contribution < 1.29 is 14.3 Å². The number of carbonyl (C=O) groups is 1. The second-order valence-corrected chi connectivity index (χ2v) is 7.43. The van der Waals surface area contributed by atoms with Crippen LogP contribution in [0.15, 0.2) is 18.2 Å². The molecule has 6 nitrogen and oxygen atoms in total. The van der Waals surface area contributed by atoms with E-state index >= 15 is 0 Å². The highest BCUT2D eigenvalue weighted by molar-refractivity contribution is 7.16. The highest BCUT2D eigenvalue weighted by Gasteiger charge is 2.30. The maximum absolute atomic E-state index is 12.1. The Hall–Kier alpha value is -2.28. The molecule has 1 amide bonds. The maximum Gasteiger partial charge on any atom is 0.226 e. The predicted octanol–water partition coefficient (Wildman–Crippen LogP) is 3.70. The fourth-order valence-electron chi connectivity index (χ4n) is 2.77. The molecule has 0 spiro atoms. The number of methoxy groups -OCH3 is 1. The van der Waals surface area contributed by atoms with E-state index in [1.54, 1.807) is 18.4 Å². The molecule has 0 saturated carbocycles. The van der Waals surface area contributed by atoms with Crippen molar-refractivity contribution in [3.8, 4) is 11.5 Å². The van der Waals surface area contributed by atoms with E-state index in [0.29, 0.717) is 30.5 Å². The molecule has 0 saturated heterocycles. The Balaban J connectivity index is 1.93. The third-order valence-corrected chi connectivity index (χ3v) is 5.18. The molecule has 2 heterocycles. The molecular formula is C18H23N3O3S. The monoisotopic (exact) mass is 361 g/mol. The van der Waals surface area contributed by atoms with Crippen LogP contribution in [0, 0.1) is 5.92 Å². The van der Waals surface area contributed by atoms with Crippen molar-refractivity contribution in [2.75, 3.05) is 31.4 Å². The van der Waals surface area contributed by atoms with Gasteiger partial charge in [-0.05, 0) is 23.6 Å². The normalized spacial score (nSPS) is 16.4. The highest BCUT2D eigenvalue weighted by Crippen LogP contribution is 2.43. The number of hydrogen-bond acceptors (Lipinski definition) is 6. The minimum absolute atomic E-state index is 0.0236. The van der Waals surface area contributed by atoms with Gasteiger partial charge < -0.3 is 20.1 Å². The lowest BCUT2D eigenvalue weighted by atomic mass is 9.91. The maximum atomic E-state index is 12.1. The summed E-state index contributed by atoms with van der Waals surface area (Å²) in [6.07, 6.45) is 0.397. The lowest BCUT2D eigenvalue weighted by Crippen LogP contribution is -2.22. The first-order valence-electron chi connectivity index (χ1n) is 8.30. The first kappa shape index (κ1) is 17.5. The molecule has 0 aliphatic carbocycles. The molecule has 1 atom stereocenters. The number of nitrogens with zero attached hydrogens (tertiary/aromatic N) is 1. The molecule has 0 bridgehead atoms. The zero-order valence-electron chi connectivity index (χ0n) is 14.9. The minimum Gasteiger partial charge on any atom is -0.493 e. The molecule has 2 aromatic rings. The van der Waals surface area contributed by atoms with Crippen LogP contribution in [0.2, 0.25) is 0 Å². The van der Waals surface area contributed by atoms with Crippen LogP contribution < -0.4 is 20.1 Å². The van der Waals surface area contributed by atoms with E-state index in [1.807, 2.05) is 25.2 Å². The molecule has 2 N–H and O–H groups in total. The highest BCUT2D eigenvalue weighted by atomic mass is 32.1. The van der Waals surface area contributed by atoms with E-state index < -0.39 is 0 Å². The van der Waals surface area contributed by atoms with Crippen molar-refractivity contribution in [2.24, 2.45) is 5.92 Å². The number of benzene rings is 1. The summed E-state index contributed by atoms with van der Waals surface area (Å²) in [5.41, 5.74) is 1.02. The Kier molecular flexibility index (Phi) is 5.13. The Bertz CT molecular complexity index is 773. The molecule has 7 heteroatoms. The van der Waals surface area contributed by atoms with Gasteiger partial charge in [0.15, 0.2) is 16.6 Å². The number of hydrogen-bond donors (Lipinski definition) is 2. The van der Waals surface area contributed by atoms with Crippen LogP contribution in [0.25, 0.3) is 0 Å². The first-order chi connectivity index (χ1) is 12.0. The summed E-state index contributed by atoms with van der Waals surface area (Å²) >= 11 is 1.56. The summed E-state index contributed by atoms with van der Waals surface area (Å²) in [6.45, 7) is 4.84. The summed E-state index contributed by atoms with van der Waals surface area (Å²) in [5.74, 6) is 2.44. The molecular weight excluding hydrogens is 338 g/mol. The average Bonchev–Trinajstić information content (AvgIpc) is 3.01. The van der Waals surface area contributed by atoms with E-state index in [4.69, 9.17) is 9.47 Å². The number of ether oxygens (including phenoxy) is 2. The molecule has 1 aromatic carbocycles. The molecule has 1 aromatic heterocycles. The number of carbonyl (C=O) groups excluding carboxylic acids is 1. The zero-order valence-corrected chi connectivity index (χ0v) is 15.7. The van der Waals surface area contributed by atoms with Crippen LogP contribution in [-0.2, 0) is 4.79 Å². The zero-order chi connectivity index (χ0) is 18.0. The number of amides is 1. The van der Waals surface area contributed by atoms with E-state index in [9.17, 15) is 4.79 Å². The van der Waals surface area contributed by atoms with Gasteiger partial charge in [-0.1, -0.05) is 31.3 Å². The second kappa shape index (κ2) is 7.31. The SMILES string of the molecule is CNc1nc2c(s1)[C@@H](c1ccc(OCC(C)C)c(OC)c1)CC(=O)N2. The number of anilines is 2. The average molecular weight is 361 g/mol. The number of aromatic nitrogens is 1. The Morgan fingerprint density at radius 3 is 2.88 bits per heavy atom. The van der Waals surface area contributed by atoms with E-state index in [1.165, 1.54) is 0 Å². The first-order valence-corrected chi connectivity index (χ1v) is 9.12. The number of nitrogens with one attached hydrogen (secondary N) is 2. The Morgan fingerprint density at radius 2 is 2.20 bits per heavy atom. The smallest absolute Gasteiger partial charge is 0.226 e. The van der Waals surface area contributed by atoms with Gasteiger partial charge in [-0.2, -0.15) is 0 Å². The van der Waals surface area contributed by atoms with Gasteiger partial charge in [0.2, 0.25) is 5.91 Å².